The lowest BCUT2D eigenvalue weighted by Crippen LogP contribution is -3.00. The summed E-state index contributed by atoms with van der Waals surface area (Å²) in [5.74, 6) is 6.87. The summed E-state index contributed by atoms with van der Waals surface area (Å²) in [6, 6.07) is 40.4. The van der Waals surface area contributed by atoms with Crippen LogP contribution in [0.2, 0.25) is 0 Å². The van der Waals surface area contributed by atoms with Crippen molar-refractivity contribution < 1.29 is 21.7 Å². The number of ether oxygens (including phenoxy) is 1. The molecule has 0 aromatic heterocycles. The highest BCUT2D eigenvalue weighted by Crippen LogP contribution is 2.55. The summed E-state index contributed by atoms with van der Waals surface area (Å²) in [5, 5.41) is 8.23. The lowest BCUT2D eigenvalue weighted by atomic mass is 10.1. The molecule has 4 rings (SSSR count). The molecule has 0 saturated heterocycles. The maximum Gasteiger partial charge on any atom is 0.119 e. The van der Waals surface area contributed by atoms with Crippen LogP contribution < -0.4 is 43.5 Å². The molecule has 168 valence electrons. The van der Waals surface area contributed by atoms with Gasteiger partial charge in [0.15, 0.2) is 0 Å². The van der Waals surface area contributed by atoms with Crippen LogP contribution in [0.3, 0.4) is 0 Å². The summed E-state index contributed by atoms with van der Waals surface area (Å²) < 4.78 is 5.62. The minimum atomic E-state index is -2.06. The zero-order chi connectivity index (χ0) is 22.2. The Morgan fingerprint density at radius 3 is 1.48 bits per heavy atom. The molecule has 0 fully saturated rings. The first-order valence-corrected chi connectivity index (χ1v) is 12.8. The maximum absolute atomic E-state index is 6.02. The fourth-order valence-electron chi connectivity index (χ4n) is 4.11. The van der Waals surface area contributed by atoms with Gasteiger partial charge in [-0.25, -0.2) is 0 Å². The SMILES string of the molecule is CCOc1ccc(C(C[P+](c2ccccc2)(c2ccccc2)c2ccccc2)=NN)cc1.[Br-]. The molecule has 0 spiro atoms. The molecule has 0 aliphatic rings. The van der Waals surface area contributed by atoms with E-state index in [-0.39, 0.29) is 17.0 Å². The van der Waals surface area contributed by atoms with Crippen LogP contribution in [0.4, 0.5) is 0 Å². The van der Waals surface area contributed by atoms with Gasteiger partial charge in [0.25, 0.3) is 0 Å². The third-order valence-corrected chi connectivity index (χ3v) is 9.95. The minimum Gasteiger partial charge on any atom is -1.00 e. The molecule has 0 heterocycles. The molecule has 0 bridgehead atoms. The highest BCUT2D eigenvalue weighted by Gasteiger charge is 2.46. The average molecular weight is 519 g/mol. The van der Waals surface area contributed by atoms with Gasteiger partial charge in [0, 0.05) is 5.56 Å². The van der Waals surface area contributed by atoms with E-state index in [9.17, 15) is 0 Å². The molecule has 0 amide bonds. The van der Waals surface area contributed by atoms with Crippen LogP contribution in [0.1, 0.15) is 12.5 Å². The number of nitrogens with two attached hydrogens (primary N) is 1. The quantitative estimate of drug-likeness (QED) is 0.167. The molecule has 4 aromatic rings. The second-order valence-corrected chi connectivity index (χ2v) is 11.0. The summed E-state index contributed by atoms with van der Waals surface area (Å²) in [4.78, 5) is 0. The van der Waals surface area contributed by atoms with Crippen LogP contribution in [0.5, 0.6) is 5.75 Å². The Kier molecular flexibility index (Phi) is 8.82. The minimum absolute atomic E-state index is 0. The van der Waals surface area contributed by atoms with E-state index in [1.807, 2.05) is 31.2 Å². The van der Waals surface area contributed by atoms with E-state index in [0.717, 1.165) is 23.2 Å². The molecule has 3 nitrogen and oxygen atoms in total. The topological polar surface area (TPSA) is 47.6 Å². The zero-order valence-corrected chi connectivity index (χ0v) is 21.1. The smallest absolute Gasteiger partial charge is 0.119 e. The Morgan fingerprint density at radius 2 is 1.12 bits per heavy atom. The Morgan fingerprint density at radius 1 is 0.697 bits per heavy atom. The Balaban J connectivity index is 0.00000306. The van der Waals surface area contributed by atoms with E-state index < -0.39 is 7.26 Å². The first kappa shape index (κ1) is 24.7. The van der Waals surface area contributed by atoms with Crippen LogP contribution in [0, 0.1) is 0 Å². The molecule has 0 unspecified atom stereocenters. The number of hydrogen-bond donors (Lipinski definition) is 1. The van der Waals surface area contributed by atoms with Gasteiger partial charge in [-0.15, -0.1) is 0 Å². The van der Waals surface area contributed by atoms with Gasteiger partial charge in [-0.05, 0) is 67.6 Å². The van der Waals surface area contributed by atoms with Crippen molar-refractivity contribution in [1.82, 2.24) is 0 Å². The van der Waals surface area contributed by atoms with Crippen LogP contribution >= 0.6 is 7.26 Å². The van der Waals surface area contributed by atoms with Crippen LogP contribution in [0.25, 0.3) is 0 Å². The Bertz CT molecular complexity index is 1050. The van der Waals surface area contributed by atoms with Gasteiger partial charge in [-0.1, -0.05) is 54.6 Å². The summed E-state index contributed by atoms with van der Waals surface area (Å²) in [7, 11) is -2.06. The van der Waals surface area contributed by atoms with Gasteiger partial charge in [-0.3, -0.25) is 0 Å². The molecule has 0 atom stereocenters. The highest BCUT2D eigenvalue weighted by atomic mass is 79.9. The average Bonchev–Trinajstić information content (AvgIpc) is 2.87. The van der Waals surface area contributed by atoms with Crippen molar-refractivity contribution in [3.63, 3.8) is 0 Å². The molecule has 2 N–H and O–H groups in total. The molecule has 33 heavy (non-hydrogen) atoms. The molecular formula is C28H28BrN2OP. The molecule has 0 aliphatic heterocycles. The van der Waals surface area contributed by atoms with E-state index in [1.165, 1.54) is 15.9 Å². The maximum atomic E-state index is 6.02. The van der Waals surface area contributed by atoms with Gasteiger partial charge in [-0.2, -0.15) is 5.10 Å². The van der Waals surface area contributed by atoms with Crippen molar-refractivity contribution in [3.8, 4) is 5.75 Å². The second kappa shape index (κ2) is 11.8. The number of hydrazone groups is 1. The largest absolute Gasteiger partial charge is 1.00 e. The van der Waals surface area contributed by atoms with Gasteiger partial charge in [0.1, 0.15) is 40.8 Å². The van der Waals surface area contributed by atoms with Crippen LogP contribution in [-0.2, 0) is 0 Å². The lowest BCUT2D eigenvalue weighted by Gasteiger charge is -2.28. The second-order valence-electron chi connectivity index (χ2n) is 7.51. The molecule has 0 aliphatic carbocycles. The fourth-order valence-corrected chi connectivity index (χ4v) is 8.31. The van der Waals surface area contributed by atoms with Crippen molar-refractivity contribution in [2.45, 2.75) is 6.92 Å². The fraction of sp³-hybridized carbons (Fsp3) is 0.107. The van der Waals surface area contributed by atoms with Crippen molar-refractivity contribution in [3.05, 3.63) is 121 Å². The van der Waals surface area contributed by atoms with Gasteiger partial charge >= 0.3 is 0 Å². The van der Waals surface area contributed by atoms with E-state index in [4.69, 9.17) is 10.6 Å². The highest BCUT2D eigenvalue weighted by molar-refractivity contribution is 7.96. The summed E-state index contributed by atoms with van der Waals surface area (Å²) in [6.45, 7) is 2.63. The van der Waals surface area contributed by atoms with E-state index in [1.54, 1.807) is 0 Å². The van der Waals surface area contributed by atoms with Gasteiger partial charge in [0.05, 0.1) is 6.61 Å². The number of hydrogen-bond acceptors (Lipinski definition) is 3. The molecule has 5 heteroatoms. The van der Waals surface area contributed by atoms with Crippen LogP contribution in [0.15, 0.2) is 120 Å². The molecule has 4 aromatic carbocycles. The van der Waals surface area contributed by atoms with E-state index in [2.05, 4.69) is 96.1 Å². The third-order valence-electron chi connectivity index (χ3n) is 5.63. The van der Waals surface area contributed by atoms with E-state index >= 15 is 0 Å². The van der Waals surface area contributed by atoms with Crippen molar-refractivity contribution in [2.75, 3.05) is 12.8 Å². The summed E-state index contributed by atoms with van der Waals surface area (Å²) >= 11 is 0. The van der Waals surface area contributed by atoms with Gasteiger partial charge < -0.3 is 27.6 Å². The molecular weight excluding hydrogens is 491 g/mol. The molecule has 0 saturated carbocycles. The van der Waals surface area contributed by atoms with Crippen molar-refractivity contribution >= 4 is 28.9 Å². The standard InChI is InChI=1S/C28H28N2OP.BrH/c1-2-31-24-20-18-23(19-21-24)28(30-29)22-32(25-12-6-3-7-13-25,26-14-8-4-9-15-26)27-16-10-5-11-17-27;/h3-21H,2,22,29H2,1H3;1H/q+1;/p-1. The number of nitrogens with zero attached hydrogens (tertiary/aromatic N) is 1. The summed E-state index contributed by atoms with van der Waals surface area (Å²) in [5.41, 5.74) is 1.90. The number of rotatable bonds is 8. The normalized spacial score (nSPS) is 11.5. The molecule has 0 radical (unpaired) electrons. The van der Waals surface area contributed by atoms with Gasteiger partial charge in [0.2, 0.25) is 0 Å². The van der Waals surface area contributed by atoms with Crippen molar-refractivity contribution in [2.24, 2.45) is 10.9 Å². The third kappa shape index (κ3) is 5.35. The number of halogens is 1. The first-order valence-electron chi connectivity index (χ1n) is 10.8. The predicted molar refractivity (Wildman–Crippen MR) is 138 cm³/mol. The Hall–Kier alpha value is -2.94. The summed E-state index contributed by atoms with van der Waals surface area (Å²) in [6.07, 6.45) is 0.732. The van der Waals surface area contributed by atoms with Crippen molar-refractivity contribution in [1.29, 1.82) is 0 Å². The zero-order valence-electron chi connectivity index (χ0n) is 18.6. The lowest BCUT2D eigenvalue weighted by molar-refractivity contribution is -0.00000692. The number of benzene rings is 4. The Labute approximate surface area is 207 Å². The monoisotopic (exact) mass is 518 g/mol. The van der Waals surface area contributed by atoms with E-state index in [0.29, 0.717) is 6.61 Å². The first-order chi connectivity index (χ1) is 15.8. The van der Waals surface area contributed by atoms with Crippen LogP contribution in [-0.4, -0.2) is 18.5 Å². The predicted octanol–water partition coefficient (Wildman–Crippen LogP) is 1.75.